The molecule has 1 aromatic heterocycles. The van der Waals surface area contributed by atoms with Crippen LogP contribution < -0.4 is 5.32 Å². The minimum absolute atomic E-state index is 0.00471. The highest BCUT2D eigenvalue weighted by molar-refractivity contribution is 5.79. The van der Waals surface area contributed by atoms with Gasteiger partial charge in [-0.2, -0.15) is 0 Å². The molecular formula is C22H38N4O2. The van der Waals surface area contributed by atoms with E-state index in [1.54, 1.807) is 6.92 Å². The number of Topliss-reactive ketones (excluding diaryl/α,β-unsaturated/α-hetero) is 1. The van der Waals surface area contributed by atoms with Gasteiger partial charge >= 0.3 is 0 Å². The first-order chi connectivity index (χ1) is 13.2. The van der Waals surface area contributed by atoms with Crippen molar-refractivity contribution in [3.63, 3.8) is 0 Å². The topological polar surface area (TPSA) is 78.1 Å². The number of hydrogen-bond donors (Lipinski definition) is 2. The van der Waals surface area contributed by atoms with Crippen LogP contribution in [0.2, 0.25) is 0 Å². The third-order valence-corrected chi connectivity index (χ3v) is 5.66. The Morgan fingerprint density at radius 1 is 1.25 bits per heavy atom. The zero-order valence-corrected chi connectivity index (χ0v) is 18.3. The highest BCUT2D eigenvalue weighted by atomic mass is 16.2. The standard InChI is InChI=1S/C22H38N4O2/c1-16(27)9-7-6-8-10-18(20-23-15-19(25-20)22(2,3)4)24-21(28)17-11-13-26(5)14-12-17/h15,17-18H,6-14H2,1-5H3,(H,23,25)(H,24,28)/t18-/m0/s1. The fraction of sp³-hybridized carbons (Fsp3) is 0.773. The maximum Gasteiger partial charge on any atom is 0.223 e. The molecule has 1 atom stereocenters. The number of nitrogens with zero attached hydrogens (tertiary/aromatic N) is 2. The molecule has 1 amide bonds. The fourth-order valence-electron chi connectivity index (χ4n) is 3.63. The molecule has 6 heteroatoms. The lowest BCUT2D eigenvalue weighted by Crippen LogP contribution is -2.40. The van der Waals surface area contributed by atoms with Crippen LogP contribution in [0.15, 0.2) is 6.20 Å². The lowest BCUT2D eigenvalue weighted by Gasteiger charge is -2.29. The summed E-state index contributed by atoms with van der Waals surface area (Å²) < 4.78 is 0. The second kappa shape index (κ2) is 10.2. The molecule has 1 aromatic rings. The van der Waals surface area contributed by atoms with Gasteiger partial charge in [0.15, 0.2) is 0 Å². The van der Waals surface area contributed by atoms with E-state index < -0.39 is 0 Å². The molecule has 0 spiro atoms. The summed E-state index contributed by atoms with van der Waals surface area (Å²) in [5.74, 6) is 1.33. The summed E-state index contributed by atoms with van der Waals surface area (Å²) in [6.07, 6.45) is 8.08. The van der Waals surface area contributed by atoms with Crippen molar-refractivity contribution in [3.8, 4) is 0 Å². The number of amides is 1. The number of rotatable bonds is 9. The molecule has 1 saturated heterocycles. The Labute approximate surface area is 169 Å². The van der Waals surface area contributed by atoms with Crippen LogP contribution in [-0.4, -0.2) is 46.7 Å². The number of carbonyl (C=O) groups excluding carboxylic acids is 2. The number of unbranched alkanes of at least 4 members (excludes halogenated alkanes) is 2. The summed E-state index contributed by atoms with van der Waals surface area (Å²) in [5, 5.41) is 3.26. The largest absolute Gasteiger partial charge is 0.346 e. The molecule has 1 aliphatic heterocycles. The predicted molar refractivity (Wildman–Crippen MR) is 112 cm³/mol. The molecule has 0 aromatic carbocycles. The van der Waals surface area contributed by atoms with Crippen molar-refractivity contribution in [1.29, 1.82) is 0 Å². The van der Waals surface area contributed by atoms with Crippen LogP contribution >= 0.6 is 0 Å². The van der Waals surface area contributed by atoms with Crippen molar-refractivity contribution >= 4 is 11.7 Å². The van der Waals surface area contributed by atoms with Gasteiger partial charge in [-0.3, -0.25) is 4.79 Å². The molecule has 2 N–H and O–H groups in total. The van der Waals surface area contributed by atoms with Gasteiger partial charge in [0.2, 0.25) is 5.91 Å². The summed E-state index contributed by atoms with van der Waals surface area (Å²) in [6.45, 7) is 10.0. The Morgan fingerprint density at radius 3 is 2.50 bits per heavy atom. The van der Waals surface area contributed by atoms with Crippen LogP contribution in [0.1, 0.15) is 90.2 Å². The van der Waals surface area contributed by atoms with Crippen molar-refractivity contribution in [1.82, 2.24) is 20.2 Å². The van der Waals surface area contributed by atoms with E-state index in [0.717, 1.165) is 63.1 Å². The highest BCUT2D eigenvalue weighted by Gasteiger charge is 2.27. The first-order valence-electron chi connectivity index (χ1n) is 10.7. The maximum atomic E-state index is 12.9. The molecular weight excluding hydrogens is 352 g/mol. The third kappa shape index (κ3) is 7.04. The second-order valence-electron chi connectivity index (χ2n) is 9.37. The molecule has 0 bridgehead atoms. The number of H-pyrrole nitrogens is 1. The lowest BCUT2D eigenvalue weighted by molar-refractivity contribution is -0.127. The van der Waals surface area contributed by atoms with Crippen LogP contribution in [0.4, 0.5) is 0 Å². The fourth-order valence-corrected chi connectivity index (χ4v) is 3.63. The molecule has 0 unspecified atom stereocenters. The molecule has 158 valence electrons. The number of aromatic nitrogens is 2. The summed E-state index contributed by atoms with van der Waals surface area (Å²) in [7, 11) is 2.11. The van der Waals surface area contributed by atoms with E-state index in [9.17, 15) is 9.59 Å². The van der Waals surface area contributed by atoms with Gasteiger partial charge in [0.05, 0.1) is 6.04 Å². The minimum Gasteiger partial charge on any atom is -0.346 e. The van der Waals surface area contributed by atoms with E-state index in [1.807, 2.05) is 6.20 Å². The number of ketones is 1. The number of imidazole rings is 1. The summed E-state index contributed by atoms with van der Waals surface area (Å²) >= 11 is 0. The zero-order chi connectivity index (χ0) is 20.7. The van der Waals surface area contributed by atoms with Crippen LogP contribution in [0.25, 0.3) is 0 Å². The number of hydrogen-bond acceptors (Lipinski definition) is 4. The van der Waals surface area contributed by atoms with Crippen LogP contribution in [0.3, 0.4) is 0 Å². The molecule has 2 heterocycles. The smallest absolute Gasteiger partial charge is 0.223 e. The Kier molecular flexibility index (Phi) is 8.23. The van der Waals surface area contributed by atoms with E-state index >= 15 is 0 Å². The molecule has 0 aliphatic carbocycles. The number of nitrogens with one attached hydrogen (secondary N) is 2. The van der Waals surface area contributed by atoms with Crippen molar-refractivity contribution in [3.05, 3.63) is 17.7 Å². The van der Waals surface area contributed by atoms with Crippen molar-refractivity contribution in [2.75, 3.05) is 20.1 Å². The Balaban J connectivity index is 2.00. The lowest BCUT2D eigenvalue weighted by atomic mass is 9.93. The van der Waals surface area contributed by atoms with E-state index in [4.69, 9.17) is 0 Å². The SMILES string of the molecule is CC(=O)CCCCC[C@H](NC(=O)C1CCN(C)CC1)c1ncc(C(C)(C)C)[nH]1. The number of piperidine rings is 1. The van der Waals surface area contributed by atoms with Gasteiger partial charge in [-0.1, -0.05) is 33.6 Å². The Hall–Kier alpha value is -1.69. The van der Waals surface area contributed by atoms with E-state index in [-0.39, 0.29) is 29.1 Å². The molecule has 0 radical (unpaired) electrons. The van der Waals surface area contributed by atoms with Crippen LogP contribution in [0.5, 0.6) is 0 Å². The molecule has 6 nitrogen and oxygen atoms in total. The van der Waals surface area contributed by atoms with Gasteiger partial charge in [-0.05, 0) is 52.7 Å². The van der Waals surface area contributed by atoms with Gasteiger partial charge in [0.25, 0.3) is 0 Å². The molecule has 0 saturated carbocycles. The molecule has 28 heavy (non-hydrogen) atoms. The monoisotopic (exact) mass is 390 g/mol. The number of carbonyl (C=O) groups is 2. The molecule has 2 rings (SSSR count). The number of aromatic amines is 1. The highest BCUT2D eigenvalue weighted by Crippen LogP contribution is 2.25. The van der Waals surface area contributed by atoms with Crippen molar-refractivity contribution < 1.29 is 9.59 Å². The Bertz CT molecular complexity index is 639. The summed E-state index contributed by atoms with van der Waals surface area (Å²) in [6, 6.07) is -0.0967. The number of likely N-dealkylation sites (tertiary alicyclic amines) is 1. The normalized spacial score (nSPS) is 17.5. The average molecular weight is 391 g/mol. The van der Waals surface area contributed by atoms with Crippen molar-refractivity contribution in [2.45, 2.75) is 84.1 Å². The van der Waals surface area contributed by atoms with Gasteiger partial charge in [0, 0.05) is 29.6 Å². The quantitative estimate of drug-likeness (QED) is 0.630. The molecule has 1 fully saturated rings. The molecule has 1 aliphatic rings. The van der Waals surface area contributed by atoms with Crippen LogP contribution in [0, 0.1) is 5.92 Å². The van der Waals surface area contributed by atoms with Crippen molar-refractivity contribution in [2.24, 2.45) is 5.92 Å². The van der Waals surface area contributed by atoms with E-state index in [1.165, 1.54) is 0 Å². The van der Waals surface area contributed by atoms with E-state index in [0.29, 0.717) is 6.42 Å². The average Bonchev–Trinajstić information content (AvgIpc) is 3.11. The zero-order valence-electron chi connectivity index (χ0n) is 18.3. The third-order valence-electron chi connectivity index (χ3n) is 5.66. The predicted octanol–water partition coefficient (Wildman–Crippen LogP) is 3.75. The maximum absolute atomic E-state index is 12.9. The first kappa shape index (κ1) is 22.6. The van der Waals surface area contributed by atoms with Gasteiger partial charge < -0.3 is 20.0 Å². The second-order valence-corrected chi connectivity index (χ2v) is 9.37. The summed E-state index contributed by atoms with van der Waals surface area (Å²) in [5.41, 5.74) is 1.08. The van der Waals surface area contributed by atoms with Crippen LogP contribution in [-0.2, 0) is 15.0 Å². The first-order valence-corrected chi connectivity index (χ1v) is 10.7. The van der Waals surface area contributed by atoms with E-state index in [2.05, 4.69) is 48.0 Å². The Morgan fingerprint density at radius 2 is 1.93 bits per heavy atom. The summed E-state index contributed by atoms with van der Waals surface area (Å²) in [4.78, 5) is 34.3. The van der Waals surface area contributed by atoms with Gasteiger partial charge in [-0.15, -0.1) is 0 Å². The minimum atomic E-state index is -0.0967. The van der Waals surface area contributed by atoms with Gasteiger partial charge in [-0.25, -0.2) is 4.98 Å². The van der Waals surface area contributed by atoms with Gasteiger partial charge in [0.1, 0.15) is 11.6 Å².